The summed E-state index contributed by atoms with van der Waals surface area (Å²) in [4.78, 5) is 25.6. The van der Waals surface area contributed by atoms with Gasteiger partial charge in [-0.25, -0.2) is 0 Å². The molecule has 0 aromatic heterocycles. The van der Waals surface area contributed by atoms with Crippen LogP contribution in [0, 0.1) is 17.3 Å². The fourth-order valence-corrected chi connectivity index (χ4v) is 7.27. The van der Waals surface area contributed by atoms with Gasteiger partial charge in [-0.15, -0.1) is 0 Å². The Kier molecular flexibility index (Phi) is 5.06. The number of hydrazine groups is 1. The lowest BCUT2D eigenvalue weighted by Gasteiger charge is -2.59. The number of alkyl halides is 1. The van der Waals surface area contributed by atoms with Crippen LogP contribution in [-0.4, -0.2) is 29.9 Å². The zero-order valence-corrected chi connectivity index (χ0v) is 17.9. The van der Waals surface area contributed by atoms with Crippen molar-refractivity contribution in [1.29, 1.82) is 0 Å². The van der Waals surface area contributed by atoms with Gasteiger partial charge < -0.3 is 9.47 Å². The second kappa shape index (κ2) is 7.25. The average molecular weight is 451 g/mol. The molecule has 2 N–H and O–H groups in total. The van der Waals surface area contributed by atoms with Crippen LogP contribution in [-0.2, 0) is 4.79 Å². The maximum Gasteiger partial charge on any atom is 0.269 e. The molecule has 0 spiro atoms. The number of carbonyl (C=O) groups excluding carboxylic acids is 2. The molecular weight excluding hydrogens is 424 g/mol. The highest BCUT2D eigenvalue weighted by molar-refractivity contribution is 9.10. The largest absolute Gasteiger partial charge is 0.493 e. The summed E-state index contributed by atoms with van der Waals surface area (Å²) in [5, 5.41) is 0. The molecule has 2 atom stereocenters. The summed E-state index contributed by atoms with van der Waals surface area (Å²) >= 11 is 3.92. The molecule has 0 saturated heterocycles. The molecule has 4 saturated carbocycles. The normalized spacial score (nSPS) is 32.7. The van der Waals surface area contributed by atoms with Gasteiger partial charge in [-0.2, -0.15) is 0 Å². The number of halogens is 1. The first kappa shape index (κ1) is 19.6. The molecular formula is C21H27BrN2O4. The van der Waals surface area contributed by atoms with Gasteiger partial charge in [0.2, 0.25) is 5.91 Å². The average Bonchev–Trinajstić information content (AvgIpc) is 2.64. The molecule has 4 aliphatic rings. The van der Waals surface area contributed by atoms with E-state index in [-0.39, 0.29) is 21.6 Å². The summed E-state index contributed by atoms with van der Waals surface area (Å²) < 4.78 is 10.9. The lowest BCUT2D eigenvalue weighted by molar-refractivity contribution is -0.144. The van der Waals surface area contributed by atoms with E-state index in [0.717, 1.165) is 32.1 Å². The molecule has 152 valence electrons. The first-order valence-corrected chi connectivity index (χ1v) is 10.8. The van der Waals surface area contributed by atoms with Gasteiger partial charge in [0, 0.05) is 9.89 Å². The van der Waals surface area contributed by atoms with Gasteiger partial charge in [-0.3, -0.25) is 20.4 Å². The molecule has 28 heavy (non-hydrogen) atoms. The quantitative estimate of drug-likeness (QED) is 0.530. The van der Waals surface area contributed by atoms with Crippen LogP contribution in [0.3, 0.4) is 0 Å². The van der Waals surface area contributed by atoms with Gasteiger partial charge in [0.1, 0.15) is 0 Å². The van der Waals surface area contributed by atoms with E-state index in [1.54, 1.807) is 18.2 Å². The number of ether oxygens (including phenoxy) is 2. The Labute approximate surface area is 173 Å². The van der Waals surface area contributed by atoms with E-state index >= 15 is 0 Å². The summed E-state index contributed by atoms with van der Waals surface area (Å²) in [5.41, 5.74) is 5.33. The van der Waals surface area contributed by atoms with Crippen molar-refractivity contribution in [1.82, 2.24) is 10.9 Å². The third-order valence-electron chi connectivity index (χ3n) is 6.49. The van der Waals surface area contributed by atoms with Crippen LogP contribution < -0.4 is 20.3 Å². The zero-order chi connectivity index (χ0) is 19.9. The van der Waals surface area contributed by atoms with Gasteiger partial charge in [0.25, 0.3) is 5.91 Å². The number of hydrogen-bond donors (Lipinski definition) is 2. The number of rotatable bonds is 5. The molecule has 4 bridgehead atoms. The van der Waals surface area contributed by atoms with E-state index in [1.807, 2.05) is 6.92 Å². The minimum Gasteiger partial charge on any atom is -0.493 e. The van der Waals surface area contributed by atoms with Crippen molar-refractivity contribution in [2.24, 2.45) is 17.3 Å². The summed E-state index contributed by atoms with van der Waals surface area (Å²) in [6.07, 6.45) is 6.27. The van der Waals surface area contributed by atoms with Crippen LogP contribution >= 0.6 is 15.9 Å². The maximum absolute atomic E-state index is 13.0. The molecule has 6 nitrogen and oxygen atoms in total. The summed E-state index contributed by atoms with van der Waals surface area (Å²) in [6.45, 7) is 2.40. The first-order valence-electron chi connectivity index (χ1n) is 9.97. The van der Waals surface area contributed by atoms with Crippen molar-refractivity contribution >= 4 is 27.7 Å². The van der Waals surface area contributed by atoms with Crippen LogP contribution in [0.1, 0.15) is 55.8 Å². The number of methoxy groups -OCH3 is 1. The van der Waals surface area contributed by atoms with Crippen LogP contribution in [0.25, 0.3) is 0 Å². The fraction of sp³-hybridized carbons (Fsp3) is 0.619. The molecule has 7 heteroatoms. The smallest absolute Gasteiger partial charge is 0.269 e. The van der Waals surface area contributed by atoms with Crippen LogP contribution in [0.15, 0.2) is 18.2 Å². The van der Waals surface area contributed by atoms with E-state index in [9.17, 15) is 9.59 Å². The molecule has 4 fully saturated rings. The second-order valence-corrected chi connectivity index (χ2v) is 10.3. The van der Waals surface area contributed by atoms with Crippen molar-refractivity contribution in [2.45, 2.75) is 49.8 Å². The van der Waals surface area contributed by atoms with Gasteiger partial charge in [-0.1, -0.05) is 15.9 Å². The second-order valence-electron chi connectivity index (χ2n) is 8.60. The number of amides is 2. The number of hydrogen-bond acceptors (Lipinski definition) is 4. The fourth-order valence-electron chi connectivity index (χ4n) is 5.82. The summed E-state index contributed by atoms with van der Waals surface area (Å²) in [5.74, 6) is 1.87. The lowest BCUT2D eigenvalue weighted by Crippen LogP contribution is -2.60. The molecule has 2 amide bonds. The van der Waals surface area contributed by atoms with E-state index in [4.69, 9.17) is 9.47 Å². The monoisotopic (exact) mass is 450 g/mol. The topological polar surface area (TPSA) is 76.7 Å². The van der Waals surface area contributed by atoms with Gasteiger partial charge >= 0.3 is 0 Å². The lowest BCUT2D eigenvalue weighted by atomic mass is 9.49. The molecule has 1 aromatic carbocycles. The minimum atomic E-state index is -0.368. The first-order chi connectivity index (χ1) is 13.4. The Bertz CT molecular complexity index is 783. The highest BCUT2D eigenvalue weighted by Gasteiger charge is 2.59. The Morgan fingerprint density at radius 2 is 1.86 bits per heavy atom. The van der Waals surface area contributed by atoms with Crippen molar-refractivity contribution in [3.63, 3.8) is 0 Å². The van der Waals surface area contributed by atoms with Gasteiger partial charge in [0.05, 0.1) is 19.1 Å². The van der Waals surface area contributed by atoms with E-state index in [0.29, 0.717) is 35.5 Å². The van der Waals surface area contributed by atoms with Gasteiger partial charge in [0.15, 0.2) is 11.5 Å². The van der Waals surface area contributed by atoms with Crippen LogP contribution in [0.5, 0.6) is 11.5 Å². The SMILES string of the molecule is CCOc1ccc(C(=O)NNC(=O)C23CC4CC(CC(Br)(C4)C2)C3)cc1OC. The van der Waals surface area contributed by atoms with Crippen molar-refractivity contribution in [3.05, 3.63) is 23.8 Å². The number of benzene rings is 1. The van der Waals surface area contributed by atoms with Crippen molar-refractivity contribution in [2.75, 3.05) is 13.7 Å². The Balaban J connectivity index is 1.42. The predicted molar refractivity (Wildman–Crippen MR) is 109 cm³/mol. The molecule has 2 unspecified atom stereocenters. The summed E-state index contributed by atoms with van der Waals surface area (Å²) in [6, 6.07) is 4.98. The van der Waals surface area contributed by atoms with Crippen LogP contribution in [0.4, 0.5) is 0 Å². The van der Waals surface area contributed by atoms with E-state index < -0.39 is 0 Å². The number of carbonyl (C=O) groups is 2. The van der Waals surface area contributed by atoms with E-state index in [2.05, 4.69) is 26.8 Å². The minimum absolute atomic E-state index is 0.0586. The molecule has 4 aliphatic carbocycles. The Hall–Kier alpha value is -1.76. The number of nitrogens with one attached hydrogen (secondary N) is 2. The van der Waals surface area contributed by atoms with Crippen molar-refractivity contribution in [3.8, 4) is 11.5 Å². The highest BCUT2D eigenvalue weighted by atomic mass is 79.9. The summed E-state index contributed by atoms with van der Waals surface area (Å²) in [7, 11) is 1.53. The van der Waals surface area contributed by atoms with Crippen molar-refractivity contribution < 1.29 is 19.1 Å². The van der Waals surface area contributed by atoms with E-state index in [1.165, 1.54) is 13.5 Å². The van der Waals surface area contributed by atoms with Crippen LogP contribution in [0.2, 0.25) is 0 Å². The zero-order valence-electron chi connectivity index (χ0n) is 16.3. The molecule has 0 heterocycles. The highest BCUT2D eigenvalue weighted by Crippen LogP contribution is 2.64. The standard InChI is InChI=1S/C21H27BrN2O4/c1-3-28-16-5-4-15(7-17(16)27-2)18(25)23-24-19(26)20-8-13-6-14(9-20)11-21(22,10-13)12-20/h4-5,7,13-14H,3,6,8-12H2,1-2H3,(H,23,25)(H,24,26). The third kappa shape index (κ3) is 3.49. The molecule has 1 aromatic rings. The Morgan fingerprint density at radius 1 is 1.14 bits per heavy atom. The predicted octanol–water partition coefficient (Wildman–Crippen LogP) is 3.59. The molecule has 0 aliphatic heterocycles. The third-order valence-corrected chi connectivity index (χ3v) is 7.41. The maximum atomic E-state index is 13.0. The molecule has 0 radical (unpaired) electrons. The molecule has 5 rings (SSSR count). The van der Waals surface area contributed by atoms with Gasteiger partial charge in [-0.05, 0) is 75.5 Å². The Morgan fingerprint density at radius 3 is 2.46 bits per heavy atom.